The summed E-state index contributed by atoms with van der Waals surface area (Å²) in [5.41, 5.74) is 6.03. The lowest BCUT2D eigenvalue weighted by molar-refractivity contribution is -0.117. The molecule has 5 nitrogen and oxygen atoms in total. The van der Waals surface area contributed by atoms with Crippen LogP contribution in [0.15, 0.2) is 18.2 Å². The molecular formula is C13H12ClFN4O. The van der Waals surface area contributed by atoms with Crippen LogP contribution >= 0.6 is 11.6 Å². The number of nitrogen functional groups attached to an aromatic ring is 1. The van der Waals surface area contributed by atoms with Crippen LogP contribution in [0.5, 0.6) is 0 Å². The molecule has 2 heterocycles. The van der Waals surface area contributed by atoms with E-state index in [1.807, 2.05) is 0 Å². The molecule has 1 saturated heterocycles. The molecule has 2 aromatic rings. The maximum absolute atomic E-state index is 14.1. The van der Waals surface area contributed by atoms with Gasteiger partial charge in [-0.25, -0.2) is 9.37 Å². The molecule has 7 heteroatoms. The van der Waals surface area contributed by atoms with Crippen LogP contribution in [0.2, 0.25) is 0 Å². The van der Waals surface area contributed by atoms with Crippen molar-refractivity contribution in [1.82, 2.24) is 9.97 Å². The summed E-state index contributed by atoms with van der Waals surface area (Å²) >= 11 is 5.80. The lowest BCUT2D eigenvalue weighted by atomic mass is 10.1. The van der Waals surface area contributed by atoms with Gasteiger partial charge in [-0.15, -0.1) is 11.6 Å². The Balaban J connectivity index is 2.18. The fourth-order valence-corrected chi connectivity index (χ4v) is 2.63. The SMILES string of the molecule is Nc1nc(N2CC(CCl)CC2=O)c2c(F)cccc2n1. The minimum absolute atomic E-state index is 0.0141. The molecule has 0 radical (unpaired) electrons. The first-order valence-electron chi connectivity index (χ1n) is 6.18. The van der Waals surface area contributed by atoms with E-state index < -0.39 is 5.82 Å². The molecule has 1 aliphatic heterocycles. The Morgan fingerprint density at radius 3 is 2.95 bits per heavy atom. The number of carbonyl (C=O) groups is 1. The summed E-state index contributed by atoms with van der Waals surface area (Å²) in [6.07, 6.45) is 0.337. The third-order valence-electron chi connectivity index (χ3n) is 3.35. The number of aromatic nitrogens is 2. The van der Waals surface area contributed by atoms with E-state index in [4.69, 9.17) is 17.3 Å². The average molecular weight is 295 g/mol. The number of hydrogen-bond donors (Lipinski definition) is 1. The third-order valence-corrected chi connectivity index (χ3v) is 3.79. The average Bonchev–Trinajstić information content (AvgIpc) is 2.79. The lowest BCUT2D eigenvalue weighted by Gasteiger charge is -2.17. The maximum atomic E-state index is 14.1. The van der Waals surface area contributed by atoms with Crippen molar-refractivity contribution in [3.63, 3.8) is 0 Å². The first kappa shape index (κ1) is 13.1. The Morgan fingerprint density at radius 1 is 1.45 bits per heavy atom. The summed E-state index contributed by atoms with van der Waals surface area (Å²) in [4.78, 5) is 21.5. The summed E-state index contributed by atoms with van der Waals surface area (Å²) in [5.74, 6) is 0.0620. The Bertz CT molecular complexity index is 693. The van der Waals surface area contributed by atoms with Gasteiger partial charge in [0.2, 0.25) is 11.9 Å². The highest BCUT2D eigenvalue weighted by molar-refractivity contribution is 6.18. The van der Waals surface area contributed by atoms with E-state index >= 15 is 0 Å². The van der Waals surface area contributed by atoms with Crippen LogP contribution in [-0.2, 0) is 4.79 Å². The highest BCUT2D eigenvalue weighted by Crippen LogP contribution is 2.31. The predicted octanol–water partition coefficient (Wildman–Crippen LogP) is 1.94. The first-order valence-corrected chi connectivity index (χ1v) is 6.71. The Hall–Kier alpha value is -1.95. The largest absolute Gasteiger partial charge is 0.368 e. The fraction of sp³-hybridized carbons (Fsp3) is 0.308. The minimum Gasteiger partial charge on any atom is -0.368 e. The number of hydrogen-bond acceptors (Lipinski definition) is 4. The molecule has 1 atom stereocenters. The van der Waals surface area contributed by atoms with E-state index in [9.17, 15) is 9.18 Å². The van der Waals surface area contributed by atoms with Crippen molar-refractivity contribution in [2.75, 3.05) is 23.1 Å². The van der Waals surface area contributed by atoms with E-state index in [0.717, 1.165) is 0 Å². The van der Waals surface area contributed by atoms with E-state index in [-0.39, 0.29) is 29.0 Å². The van der Waals surface area contributed by atoms with Gasteiger partial charge < -0.3 is 5.73 Å². The van der Waals surface area contributed by atoms with Crippen LogP contribution in [0.25, 0.3) is 10.9 Å². The zero-order chi connectivity index (χ0) is 14.3. The molecule has 0 saturated carbocycles. The van der Waals surface area contributed by atoms with Crippen molar-refractivity contribution >= 4 is 40.2 Å². The predicted molar refractivity (Wildman–Crippen MR) is 75.1 cm³/mol. The zero-order valence-corrected chi connectivity index (χ0v) is 11.3. The number of fused-ring (bicyclic) bond motifs is 1. The van der Waals surface area contributed by atoms with Crippen LogP contribution in [-0.4, -0.2) is 28.3 Å². The second-order valence-corrected chi connectivity index (χ2v) is 5.08. The second-order valence-electron chi connectivity index (χ2n) is 4.77. The molecule has 1 aromatic carbocycles. The molecular weight excluding hydrogens is 283 g/mol. The highest BCUT2D eigenvalue weighted by atomic mass is 35.5. The van der Waals surface area contributed by atoms with Gasteiger partial charge >= 0.3 is 0 Å². The normalized spacial score (nSPS) is 19.0. The van der Waals surface area contributed by atoms with Crippen molar-refractivity contribution in [1.29, 1.82) is 0 Å². The number of rotatable bonds is 2. The molecule has 0 bridgehead atoms. The number of nitrogens with zero attached hydrogens (tertiary/aromatic N) is 3. The standard InChI is InChI=1S/C13H12ClFN4O/c14-5-7-4-10(20)19(6-7)12-11-8(15)2-1-3-9(11)17-13(16)18-12/h1-3,7H,4-6H2,(H2,16,17,18). The smallest absolute Gasteiger partial charge is 0.228 e. The van der Waals surface area contributed by atoms with Gasteiger partial charge in [0.05, 0.1) is 10.9 Å². The summed E-state index contributed by atoms with van der Waals surface area (Å²) in [6.45, 7) is 0.419. The number of benzene rings is 1. The third kappa shape index (κ3) is 2.06. The van der Waals surface area contributed by atoms with Crippen LogP contribution in [0, 0.1) is 11.7 Å². The Morgan fingerprint density at radius 2 is 2.25 bits per heavy atom. The summed E-state index contributed by atoms with van der Waals surface area (Å²) < 4.78 is 14.1. The van der Waals surface area contributed by atoms with E-state index in [1.165, 1.54) is 11.0 Å². The van der Waals surface area contributed by atoms with Gasteiger partial charge in [-0.1, -0.05) is 6.07 Å². The molecule has 1 amide bonds. The lowest BCUT2D eigenvalue weighted by Crippen LogP contribution is -2.26. The number of halogens is 2. The number of amides is 1. The van der Waals surface area contributed by atoms with Crippen LogP contribution < -0.4 is 10.6 Å². The molecule has 1 aromatic heterocycles. The highest BCUT2D eigenvalue weighted by Gasteiger charge is 2.32. The molecule has 1 aliphatic rings. The molecule has 2 N–H and O–H groups in total. The summed E-state index contributed by atoms with van der Waals surface area (Å²) in [6, 6.07) is 4.49. The second kappa shape index (κ2) is 4.86. The van der Waals surface area contributed by atoms with E-state index in [2.05, 4.69) is 9.97 Å². The molecule has 3 rings (SSSR count). The molecule has 0 spiro atoms. The van der Waals surface area contributed by atoms with Gasteiger partial charge in [-0.05, 0) is 18.1 Å². The van der Waals surface area contributed by atoms with Crippen LogP contribution in [0.1, 0.15) is 6.42 Å². The van der Waals surface area contributed by atoms with Gasteiger partial charge in [-0.3, -0.25) is 9.69 Å². The van der Waals surface area contributed by atoms with Gasteiger partial charge in [0.1, 0.15) is 5.82 Å². The van der Waals surface area contributed by atoms with Crippen molar-refractivity contribution in [2.24, 2.45) is 5.92 Å². The summed E-state index contributed by atoms with van der Waals surface area (Å²) in [5, 5.41) is 0.213. The van der Waals surface area contributed by atoms with E-state index in [0.29, 0.717) is 24.4 Å². The minimum atomic E-state index is -0.473. The maximum Gasteiger partial charge on any atom is 0.228 e. The van der Waals surface area contributed by atoms with Crippen LogP contribution in [0.4, 0.5) is 16.2 Å². The quantitative estimate of drug-likeness (QED) is 0.859. The van der Waals surface area contributed by atoms with Crippen molar-refractivity contribution < 1.29 is 9.18 Å². The topological polar surface area (TPSA) is 72.1 Å². The fourth-order valence-electron chi connectivity index (χ4n) is 2.43. The number of carbonyl (C=O) groups excluding carboxylic acids is 1. The molecule has 20 heavy (non-hydrogen) atoms. The number of alkyl halides is 1. The molecule has 1 unspecified atom stereocenters. The van der Waals surface area contributed by atoms with E-state index in [1.54, 1.807) is 12.1 Å². The summed E-state index contributed by atoms with van der Waals surface area (Å²) in [7, 11) is 0. The van der Waals surface area contributed by atoms with Crippen molar-refractivity contribution in [2.45, 2.75) is 6.42 Å². The molecule has 1 fully saturated rings. The van der Waals surface area contributed by atoms with Gasteiger partial charge in [0, 0.05) is 18.8 Å². The monoisotopic (exact) mass is 294 g/mol. The molecule has 0 aliphatic carbocycles. The van der Waals surface area contributed by atoms with Crippen molar-refractivity contribution in [3.8, 4) is 0 Å². The molecule has 104 valence electrons. The number of nitrogens with two attached hydrogens (primary N) is 1. The Kier molecular flexibility index (Phi) is 3.17. The van der Waals surface area contributed by atoms with Gasteiger partial charge in [0.25, 0.3) is 0 Å². The van der Waals surface area contributed by atoms with Crippen molar-refractivity contribution in [3.05, 3.63) is 24.0 Å². The van der Waals surface area contributed by atoms with Crippen LogP contribution in [0.3, 0.4) is 0 Å². The van der Waals surface area contributed by atoms with Gasteiger partial charge in [-0.2, -0.15) is 4.98 Å². The van der Waals surface area contributed by atoms with Gasteiger partial charge in [0.15, 0.2) is 5.82 Å². The number of anilines is 2. The zero-order valence-electron chi connectivity index (χ0n) is 10.5. The Labute approximate surface area is 119 Å². The first-order chi connectivity index (χ1) is 9.60.